The Hall–Kier alpha value is -1.08. The molecule has 0 bridgehead atoms. The van der Waals surface area contributed by atoms with Gasteiger partial charge < -0.3 is 16.4 Å². The zero-order chi connectivity index (χ0) is 14.9. The molecule has 7 heteroatoms. The second-order valence-electron chi connectivity index (χ2n) is 4.66. The molecule has 1 aromatic carbocycles. The fourth-order valence-corrected chi connectivity index (χ4v) is 2.53. The predicted molar refractivity (Wildman–Crippen MR) is 84.0 cm³/mol. The first kappa shape index (κ1) is 15.3. The van der Waals surface area contributed by atoms with Crippen molar-refractivity contribution in [2.24, 2.45) is 16.5 Å². The molecule has 0 aromatic heterocycles. The topological polar surface area (TPSA) is 84.7 Å². The lowest BCUT2D eigenvalue weighted by atomic mass is 10.1. The maximum atomic E-state index is 11.6. The average Bonchev–Trinajstić information content (AvgIpc) is 2.43. The van der Waals surface area contributed by atoms with Gasteiger partial charge in [0.1, 0.15) is 11.1 Å². The van der Waals surface area contributed by atoms with Gasteiger partial charge in [-0.3, -0.25) is 4.79 Å². The van der Waals surface area contributed by atoms with Gasteiger partial charge in [-0.2, -0.15) is 17.6 Å². The van der Waals surface area contributed by atoms with E-state index in [9.17, 15) is 4.79 Å². The van der Waals surface area contributed by atoms with E-state index in [0.717, 1.165) is 11.1 Å². The summed E-state index contributed by atoms with van der Waals surface area (Å²) in [5, 5.41) is 0.0441. The van der Waals surface area contributed by atoms with Gasteiger partial charge in [0.15, 0.2) is 0 Å². The molecule has 0 radical (unpaired) electrons. The molecule has 1 heterocycles. The average molecular weight is 313 g/mol. The Bertz CT molecular complexity index is 563. The van der Waals surface area contributed by atoms with Crippen molar-refractivity contribution in [3.8, 4) is 0 Å². The van der Waals surface area contributed by atoms with Crippen molar-refractivity contribution in [2.45, 2.75) is 24.9 Å². The van der Waals surface area contributed by atoms with Gasteiger partial charge in [0, 0.05) is 11.6 Å². The standard InChI is InChI=1S/C13H17ClN4OS/c1-7-8(3-2-4-9(7)14)6-18-10(5-15)17-13(19)11(20)12(18)16/h2-4,11-12,20H,5-6,15-16H2,1H3. The van der Waals surface area contributed by atoms with Crippen LogP contribution in [0, 0.1) is 6.92 Å². The maximum Gasteiger partial charge on any atom is 0.263 e. The minimum absolute atomic E-state index is 0.152. The third-order valence-electron chi connectivity index (χ3n) is 3.41. The van der Waals surface area contributed by atoms with Crippen molar-refractivity contribution < 1.29 is 4.79 Å². The molecular formula is C13H17ClN4OS. The number of halogens is 1. The molecule has 0 aliphatic carbocycles. The fourth-order valence-electron chi connectivity index (χ4n) is 2.11. The summed E-state index contributed by atoms with van der Waals surface area (Å²) < 4.78 is 0. The molecule has 20 heavy (non-hydrogen) atoms. The van der Waals surface area contributed by atoms with Crippen molar-refractivity contribution in [3.63, 3.8) is 0 Å². The fraction of sp³-hybridized carbons (Fsp3) is 0.385. The highest BCUT2D eigenvalue weighted by Gasteiger charge is 2.34. The number of amidine groups is 1. The van der Waals surface area contributed by atoms with Crippen LogP contribution in [-0.2, 0) is 11.3 Å². The van der Waals surface area contributed by atoms with Crippen LogP contribution in [0.15, 0.2) is 23.2 Å². The van der Waals surface area contributed by atoms with E-state index in [1.165, 1.54) is 0 Å². The van der Waals surface area contributed by atoms with Gasteiger partial charge in [-0.1, -0.05) is 23.7 Å². The smallest absolute Gasteiger partial charge is 0.263 e. The molecule has 0 spiro atoms. The number of amides is 1. The van der Waals surface area contributed by atoms with Crippen molar-refractivity contribution in [2.75, 3.05) is 6.54 Å². The lowest BCUT2D eigenvalue weighted by molar-refractivity contribution is -0.118. The Kier molecular flexibility index (Phi) is 4.70. The minimum atomic E-state index is -0.648. The molecule has 2 unspecified atom stereocenters. The summed E-state index contributed by atoms with van der Waals surface area (Å²) in [7, 11) is 0. The second-order valence-corrected chi connectivity index (χ2v) is 5.62. The lowest BCUT2D eigenvalue weighted by Crippen LogP contribution is -2.57. The number of hydrogen-bond acceptors (Lipinski definition) is 5. The molecule has 1 aliphatic rings. The van der Waals surface area contributed by atoms with E-state index >= 15 is 0 Å². The Labute approximate surface area is 128 Å². The SMILES string of the molecule is Cc1c(Cl)cccc1CN1C(CN)=NC(=O)C(S)C1N. The molecule has 1 aromatic rings. The van der Waals surface area contributed by atoms with E-state index in [2.05, 4.69) is 17.6 Å². The van der Waals surface area contributed by atoms with Crippen LogP contribution in [0.2, 0.25) is 5.02 Å². The van der Waals surface area contributed by atoms with Crippen LogP contribution in [0.1, 0.15) is 11.1 Å². The summed E-state index contributed by atoms with van der Waals surface area (Å²) >= 11 is 10.3. The molecule has 4 N–H and O–H groups in total. The Morgan fingerprint density at radius 2 is 2.20 bits per heavy atom. The third kappa shape index (κ3) is 2.83. The molecule has 0 saturated carbocycles. The first-order chi connectivity index (χ1) is 9.45. The summed E-state index contributed by atoms with van der Waals surface area (Å²) in [5.41, 5.74) is 13.7. The number of nitrogens with zero attached hydrogens (tertiary/aromatic N) is 2. The predicted octanol–water partition coefficient (Wildman–Crippen LogP) is 0.931. The number of hydrogen-bond donors (Lipinski definition) is 3. The first-order valence-corrected chi connectivity index (χ1v) is 7.11. The summed E-state index contributed by atoms with van der Waals surface area (Å²) in [6.07, 6.45) is -0.555. The molecule has 1 amide bonds. The summed E-state index contributed by atoms with van der Waals surface area (Å²) in [6.45, 7) is 2.59. The van der Waals surface area contributed by atoms with Gasteiger partial charge in [-0.25, -0.2) is 0 Å². The highest BCUT2D eigenvalue weighted by atomic mass is 35.5. The van der Waals surface area contributed by atoms with E-state index in [0.29, 0.717) is 17.4 Å². The molecule has 5 nitrogen and oxygen atoms in total. The van der Waals surface area contributed by atoms with Crippen molar-refractivity contribution >= 4 is 36.0 Å². The maximum absolute atomic E-state index is 11.6. The summed E-state index contributed by atoms with van der Waals surface area (Å²) in [4.78, 5) is 17.4. The van der Waals surface area contributed by atoms with Gasteiger partial charge in [-0.05, 0) is 24.1 Å². The minimum Gasteiger partial charge on any atom is -0.338 e. The number of rotatable bonds is 3. The number of carbonyl (C=O) groups excluding carboxylic acids is 1. The van der Waals surface area contributed by atoms with E-state index in [-0.39, 0.29) is 12.5 Å². The van der Waals surface area contributed by atoms with Crippen molar-refractivity contribution in [1.82, 2.24) is 4.90 Å². The van der Waals surface area contributed by atoms with E-state index in [1.807, 2.05) is 25.1 Å². The van der Waals surface area contributed by atoms with Crippen LogP contribution >= 0.6 is 24.2 Å². The van der Waals surface area contributed by atoms with Gasteiger partial charge in [0.2, 0.25) is 0 Å². The Balaban J connectivity index is 2.33. The van der Waals surface area contributed by atoms with Gasteiger partial charge in [-0.15, -0.1) is 0 Å². The molecule has 2 rings (SSSR count). The molecule has 108 valence electrons. The second kappa shape index (κ2) is 6.13. The van der Waals surface area contributed by atoms with Gasteiger partial charge >= 0.3 is 0 Å². The van der Waals surface area contributed by atoms with Crippen LogP contribution in [0.4, 0.5) is 0 Å². The normalized spacial score (nSPS) is 22.9. The molecule has 0 saturated heterocycles. The van der Waals surface area contributed by atoms with Crippen molar-refractivity contribution in [3.05, 3.63) is 34.3 Å². The quantitative estimate of drug-likeness (QED) is 0.725. The summed E-state index contributed by atoms with van der Waals surface area (Å²) in [6, 6.07) is 5.67. The van der Waals surface area contributed by atoms with Crippen LogP contribution in [0.3, 0.4) is 0 Å². The van der Waals surface area contributed by atoms with Crippen molar-refractivity contribution in [1.29, 1.82) is 0 Å². The Morgan fingerprint density at radius 3 is 2.85 bits per heavy atom. The molecule has 0 fully saturated rings. The number of aliphatic imine (C=N–C) groups is 1. The molecule has 2 atom stereocenters. The molecule has 1 aliphatic heterocycles. The first-order valence-electron chi connectivity index (χ1n) is 6.21. The Morgan fingerprint density at radius 1 is 1.50 bits per heavy atom. The van der Waals surface area contributed by atoms with E-state index in [1.54, 1.807) is 4.90 Å². The van der Waals surface area contributed by atoms with Gasteiger partial charge in [0.25, 0.3) is 5.91 Å². The number of benzene rings is 1. The van der Waals surface area contributed by atoms with Crippen LogP contribution in [-0.4, -0.2) is 34.6 Å². The number of thiol groups is 1. The highest BCUT2D eigenvalue weighted by Crippen LogP contribution is 2.23. The van der Waals surface area contributed by atoms with Crippen LogP contribution in [0.5, 0.6) is 0 Å². The van der Waals surface area contributed by atoms with E-state index < -0.39 is 11.4 Å². The highest BCUT2D eigenvalue weighted by molar-refractivity contribution is 7.81. The van der Waals surface area contributed by atoms with E-state index in [4.69, 9.17) is 23.1 Å². The summed E-state index contributed by atoms with van der Waals surface area (Å²) in [5.74, 6) is 0.132. The largest absolute Gasteiger partial charge is 0.338 e. The van der Waals surface area contributed by atoms with Crippen LogP contribution < -0.4 is 11.5 Å². The number of carbonyl (C=O) groups is 1. The van der Waals surface area contributed by atoms with Crippen LogP contribution in [0.25, 0.3) is 0 Å². The monoisotopic (exact) mass is 312 g/mol. The zero-order valence-corrected chi connectivity index (χ0v) is 12.7. The molecular weight excluding hydrogens is 296 g/mol. The zero-order valence-electron chi connectivity index (χ0n) is 11.1. The van der Waals surface area contributed by atoms with Gasteiger partial charge in [0.05, 0.1) is 12.7 Å². The lowest BCUT2D eigenvalue weighted by Gasteiger charge is -2.37. The third-order valence-corrected chi connectivity index (χ3v) is 4.35. The number of nitrogens with two attached hydrogens (primary N) is 2.